The molecule has 1 saturated heterocycles. The van der Waals surface area contributed by atoms with Gasteiger partial charge >= 0.3 is 0 Å². The van der Waals surface area contributed by atoms with E-state index in [1.165, 1.54) is 64.6 Å². The molecule has 23 heavy (non-hydrogen) atoms. The Bertz CT molecular complexity index is 391. The molecular formula is C19H32ClNO2. The molecule has 1 aliphatic heterocycles. The third-order valence-corrected chi connectivity index (χ3v) is 4.40. The first kappa shape index (κ1) is 20.1. The zero-order valence-corrected chi connectivity index (χ0v) is 15.3. The number of hydrogen-bond donors (Lipinski definition) is 0. The smallest absolute Gasteiger partial charge is 0.119 e. The highest BCUT2D eigenvalue weighted by atomic mass is 35.5. The monoisotopic (exact) mass is 341 g/mol. The summed E-state index contributed by atoms with van der Waals surface area (Å²) in [5, 5.41) is 0. The first-order valence-corrected chi connectivity index (χ1v) is 8.88. The molecule has 0 N–H and O–H groups in total. The van der Waals surface area contributed by atoms with E-state index in [2.05, 4.69) is 4.90 Å². The van der Waals surface area contributed by atoms with Crippen LogP contribution in [0.4, 0.5) is 0 Å². The zero-order chi connectivity index (χ0) is 15.5. The SMILES string of the molecule is COc1ccc(OCCCCCCCN2CCCCC2)cc1.Cl. The Morgan fingerprint density at radius 3 is 2.13 bits per heavy atom. The van der Waals surface area contributed by atoms with Gasteiger partial charge in [0.1, 0.15) is 11.5 Å². The zero-order valence-electron chi connectivity index (χ0n) is 14.5. The van der Waals surface area contributed by atoms with E-state index in [0.717, 1.165) is 24.5 Å². The molecule has 132 valence electrons. The van der Waals surface area contributed by atoms with Gasteiger partial charge in [-0.15, -0.1) is 12.4 Å². The quantitative estimate of drug-likeness (QED) is 0.563. The lowest BCUT2D eigenvalue weighted by molar-refractivity contribution is 0.223. The molecule has 2 rings (SSSR count). The van der Waals surface area contributed by atoms with Crippen molar-refractivity contribution in [3.8, 4) is 11.5 Å². The summed E-state index contributed by atoms with van der Waals surface area (Å²) in [5.74, 6) is 1.81. The van der Waals surface area contributed by atoms with Crippen molar-refractivity contribution in [3.05, 3.63) is 24.3 Å². The Kier molecular flexibility index (Phi) is 10.9. The molecule has 0 aromatic heterocycles. The molecule has 0 bridgehead atoms. The van der Waals surface area contributed by atoms with Crippen LogP contribution in [-0.4, -0.2) is 38.3 Å². The van der Waals surface area contributed by atoms with Gasteiger partial charge in [-0.1, -0.05) is 25.7 Å². The summed E-state index contributed by atoms with van der Waals surface area (Å²) in [6.07, 6.45) is 10.7. The predicted molar refractivity (Wildman–Crippen MR) is 99.1 cm³/mol. The molecule has 1 aliphatic rings. The minimum absolute atomic E-state index is 0. The number of ether oxygens (including phenoxy) is 2. The number of halogens is 1. The Balaban J connectivity index is 0.00000264. The summed E-state index contributed by atoms with van der Waals surface area (Å²) in [4.78, 5) is 2.64. The van der Waals surface area contributed by atoms with Crippen LogP contribution in [0.2, 0.25) is 0 Å². The molecule has 4 heteroatoms. The molecule has 1 aromatic rings. The Morgan fingerprint density at radius 1 is 0.826 bits per heavy atom. The number of benzene rings is 1. The van der Waals surface area contributed by atoms with Gasteiger partial charge in [0.15, 0.2) is 0 Å². The first-order valence-electron chi connectivity index (χ1n) is 8.88. The predicted octanol–water partition coefficient (Wildman–Crippen LogP) is 4.93. The lowest BCUT2D eigenvalue weighted by Gasteiger charge is -2.26. The lowest BCUT2D eigenvalue weighted by Crippen LogP contribution is -2.30. The van der Waals surface area contributed by atoms with Crippen LogP contribution in [0.5, 0.6) is 11.5 Å². The standard InChI is InChI=1S/C19H31NO2.ClH/c1-21-18-10-12-19(13-11-18)22-17-9-4-2-3-6-14-20-15-7-5-8-16-20;/h10-13H,2-9,14-17H2,1H3;1H. The average Bonchev–Trinajstić information content (AvgIpc) is 2.59. The van der Waals surface area contributed by atoms with Crippen molar-refractivity contribution in [2.75, 3.05) is 33.4 Å². The number of likely N-dealkylation sites (tertiary alicyclic amines) is 1. The van der Waals surface area contributed by atoms with E-state index >= 15 is 0 Å². The van der Waals surface area contributed by atoms with Crippen molar-refractivity contribution in [3.63, 3.8) is 0 Å². The van der Waals surface area contributed by atoms with E-state index in [1.54, 1.807) is 7.11 Å². The highest BCUT2D eigenvalue weighted by Crippen LogP contribution is 2.17. The molecule has 0 amide bonds. The number of nitrogens with zero attached hydrogens (tertiary/aromatic N) is 1. The molecule has 0 saturated carbocycles. The number of methoxy groups -OCH3 is 1. The minimum atomic E-state index is 0. The maximum Gasteiger partial charge on any atom is 0.119 e. The van der Waals surface area contributed by atoms with Crippen LogP contribution in [0.15, 0.2) is 24.3 Å². The van der Waals surface area contributed by atoms with Gasteiger partial charge in [-0.2, -0.15) is 0 Å². The van der Waals surface area contributed by atoms with Crippen LogP contribution in [0.25, 0.3) is 0 Å². The van der Waals surface area contributed by atoms with Gasteiger partial charge < -0.3 is 14.4 Å². The number of rotatable bonds is 10. The van der Waals surface area contributed by atoms with E-state index in [1.807, 2.05) is 24.3 Å². The highest BCUT2D eigenvalue weighted by Gasteiger charge is 2.08. The Morgan fingerprint density at radius 2 is 1.43 bits per heavy atom. The number of piperidine rings is 1. The van der Waals surface area contributed by atoms with Gasteiger partial charge in [0, 0.05) is 0 Å². The fourth-order valence-corrected chi connectivity index (χ4v) is 3.01. The summed E-state index contributed by atoms with van der Waals surface area (Å²) >= 11 is 0. The van der Waals surface area contributed by atoms with Crippen molar-refractivity contribution in [1.82, 2.24) is 4.90 Å². The molecule has 0 unspecified atom stereocenters. The van der Waals surface area contributed by atoms with Crippen molar-refractivity contribution >= 4 is 12.4 Å². The summed E-state index contributed by atoms with van der Waals surface area (Å²) in [6.45, 7) is 4.78. The normalized spacial score (nSPS) is 15.0. The van der Waals surface area contributed by atoms with Gasteiger partial charge in [-0.25, -0.2) is 0 Å². The molecule has 1 fully saturated rings. The van der Waals surface area contributed by atoms with Crippen LogP contribution in [0.1, 0.15) is 51.4 Å². The molecule has 1 aromatic carbocycles. The summed E-state index contributed by atoms with van der Waals surface area (Å²) in [6, 6.07) is 7.82. The van der Waals surface area contributed by atoms with Crippen molar-refractivity contribution in [1.29, 1.82) is 0 Å². The summed E-state index contributed by atoms with van der Waals surface area (Å²) in [5.41, 5.74) is 0. The number of unbranched alkanes of at least 4 members (excludes halogenated alkanes) is 4. The van der Waals surface area contributed by atoms with Gasteiger partial charge in [0.05, 0.1) is 13.7 Å². The molecule has 0 spiro atoms. The van der Waals surface area contributed by atoms with E-state index in [0.29, 0.717) is 0 Å². The topological polar surface area (TPSA) is 21.7 Å². The Labute approximate surface area is 147 Å². The van der Waals surface area contributed by atoms with Crippen LogP contribution < -0.4 is 9.47 Å². The fourth-order valence-electron chi connectivity index (χ4n) is 3.01. The van der Waals surface area contributed by atoms with E-state index in [4.69, 9.17) is 9.47 Å². The van der Waals surface area contributed by atoms with E-state index in [-0.39, 0.29) is 12.4 Å². The van der Waals surface area contributed by atoms with Gasteiger partial charge in [0.2, 0.25) is 0 Å². The third kappa shape index (κ3) is 8.47. The molecule has 1 heterocycles. The van der Waals surface area contributed by atoms with Crippen LogP contribution in [0, 0.1) is 0 Å². The minimum Gasteiger partial charge on any atom is -0.497 e. The Hall–Kier alpha value is -0.930. The van der Waals surface area contributed by atoms with Crippen LogP contribution in [-0.2, 0) is 0 Å². The van der Waals surface area contributed by atoms with Crippen LogP contribution >= 0.6 is 12.4 Å². The first-order chi connectivity index (χ1) is 10.9. The van der Waals surface area contributed by atoms with Crippen molar-refractivity contribution in [2.24, 2.45) is 0 Å². The number of hydrogen-bond acceptors (Lipinski definition) is 3. The summed E-state index contributed by atoms with van der Waals surface area (Å²) in [7, 11) is 1.68. The maximum absolute atomic E-state index is 5.74. The lowest BCUT2D eigenvalue weighted by atomic mass is 10.1. The second-order valence-electron chi connectivity index (χ2n) is 6.19. The van der Waals surface area contributed by atoms with E-state index in [9.17, 15) is 0 Å². The molecule has 0 atom stereocenters. The highest BCUT2D eigenvalue weighted by molar-refractivity contribution is 5.85. The molecule has 0 radical (unpaired) electrons. The van der Waals surface area contributed by atoms with Gasteiger partial charge in [-0.3, -0.25) is 0 Å². The fraction of sp³-hybridized carbons (Fsp3) is 0.684. The maximum atomic E-state index is 5.74. The van der Waals surface area contributed by atoms with E-state index < -0.39 is 0 Å². The van der Waals surface area contributed by atoms with Gasteiger partial charge in [-0.05, 0) is 69.6 Å². The molecular weight excluding hydrogens is 310 g/mol. The van der Waals surface area contributed by atoms with Crippen LogP contribution in [0.3, 0.4) is 0 Å². The molecule has 3 nitrogen and oxygen atoms in total. The van der Waals surface area contributed by atoms with Crippen molar-refractivity contribution in [2.45, 2.75) is 51.4 Å². The second kappa shape index (κ2) is 12.5. The van der Waals surface area contributed by atoms with Crippen molar-refractivity contribution < 1.29 is 9.47 Å². The largest absolute Gasteiger partial charge is 0.497 e. The molecule has 0 aliphatic carbocycles. The average molecular weight is 342 g/mol. The van der Waals surface area contributed by atoms with Gasteiger partial charge in [0.25, 0.3) is 0 Å². The summed E-state index contributed by atoms with van der Waals surface area (Å²) < 4.78 is 10.9. The third-order valence-electron chi connectivity index (χ3n) is 4.40. The second-order valence-corrected chi connectivity index (χ2v) is 6.19.